The Balaban J connectivity index is 1.85. The van der Waals surface area contributed by atoms with Crippen LogP contribution in [0.2, 0.25) is 10.0 Å². The zero-order valence-corrected chi connectivity index (χ0v) is 15.7. The lowest BCUT2D eigenvalue weighted by atomic mass is 10.1. The summed E-state index contributed by atoms with van der Waals surface area (Å²) in [6, 6.07) is 8.14. The van der Waals surface area contributed by atoms with Crippen molar-refractivity contribution in [3.05, 3.63) is 67.9 Å². The van der Waals surface area contributed by atoms with Crippen molar-refractivity contribution in [1.82, 2.24) is 0 Å². The van der Waals surface area contributed by atoms with Gasteiger partial charge in [0.2, 0.25) is 11.7 Å². The Morgan fingerprint density at radius 2 is 1.81 bits per heavy atom. The monoisotopic (exact) mass is 436 g/mol. The highest BCUT2D eigenvalue weighted by molar-refractivity contribution is 6.53. The fourth-order valence-electron chi connectivity index (χ4n) is 2.79. The number of nitro benzene ring substituents is 1. The van der Waals surface area contributed by atoms with Gasteiger partial charge in [0.1, 0.15) is 4.33 Å². The lowest BCUT2D eigenvalue weighted by Crippen LogP contribution is -2.18. The van der Waals surface area contributed by atoms with Crippen molar-refractivity contribution >= 4 is 63.7 Å². The maximum Gasteiger partial charge on any atom is 0.306 e. The maximum atomic E-state index is 14.1. The second-order valence-electron chi connectivity index (χ2n) is 5.72. The summed E-state index contributed by atoms with van der Waals surface area (Å²) in [5.74, 6) is -3.33. The molecule has 1 saturated carbocycles. The topological polar surface area (TPSA) is 72.2 Å². The Hall–Kier alpha value is -1.60. The van der Waals surface area contributed by atoms with Crippen LogP contribution >= 0.6 is 46.4 Å². The summed E-state index contributed by atoms with van der Waals surface area (Å²) in [6.45, 7) is 0. The van der Waals surface area contributed by atoms with Crippen LogP contribution in [0.4, 0.5) is 15.8 Å². The average Bonchev–Trinajstić information content (AvgIpc) is 3.10. The third-order valence-electron chi connectivity index (χ3n) is 4.01. The first-order valence-electron chi connectivity index (χ1n) is 7.20. The first kappa shape index (κ1) is 19.2. The van der Waals surface area contributed by atoms with Crippen molar-refractivity contribution in [3.63, 3.8) is 0 Å². The quantitative estimate of drug-likeness (QED) is 0.386. The largest absolute Gasteiger partial charge is 0.323 e. The molecule has 10 heteroatoms. The van der Waals surface area contributed by atoms with E-state index in [0.717, 1.165) is 6.07 Å². The van der Waals surface area contributed by atoms with E-state index in [9.17, 15) is 19.3 Å². The number of nitrogens with one attached hydrogen (secondary N) is 1. The number of nitrogens with zero attached hydrogens (tertiary/aromatic N) is 1. The molecule has 3 rings (SSSR count). The van der Waals surface area contributed by atoms with Crippen molar-refractivity contribution in [2.45, 2.75) is 10.3 Å². The molecule has 1 amide bonds. The molecule has 1 N–H and O–H groups in total. The van der Waals surface area contributed by atoms with Gasteiger partial charge in [-0.05, 0) is 29.8 Å². The first-order valence-corrected chi connectivity index (χ1v) is 8.71. The molecule has 0 spiro atoms. The van der Waals surface area contributed by atoms with E-state index < -0.39 is 38.5 Å². The second kappa shape index (κ2) is 6.85. The van der Waals surface area contributed by atoms with Crippen LogP contribution in [0.15, 0.2) is 36.4 Å². The highest BCUT2D eigenvalue weighted by Gasteiger charge is 2.67. The number of alkyl halides is 2. The van der Waals surface area contributed by atoms with Gasteiger partial charge >= 0.3 is 5.69 Å². The Morgan fingerprint density at radius 1 is 1.19 bits per heavy atom. The molecule has 0 aromatic heterocycles. The number of hydrogen-bond donors (Lipinski definition) is 1. The van der Waals surface area contributed by atoms with Gasteiger partial charge in [-0.15, -0.1) is 23.2 Å². The van der Waals surface area contributed by atoms with Gasteiger partial charge in [-0.2, -0.15) is 4.39 Å². The highest BCUT2D eigenvalue weighted by Crippen LogP contribution is 2.65. The number of nitro groups is 1. The van der Waals surface area contributed by atoms with Gasteiger partial charge in [-0.25, -0.2) is 0 Å². The smallest absolute Gasteiger partial charge is 0.306 e. The minimum absolute atomic E-state index is 0.330. The van der Waals surface area contributed by atoms with Crippen LogP contribution in [0, 0.1) is 21.8 Å². The highest BCUT2D eigenvalue weighted by atomic mass is 35.5. The summed E-state index contributed by atoms with van der Waals surface area (Å²) in [6.07, 6.45) is 0. The molecule has 0 saturated heterocycles. The van der Waals surface area contributed by atoms with E-state index in [1.54, 1.807) is 12.1 Å². The van der Waals surface area contributed by atoms with Crippen molar-refractivity contribution < 1.29 is 14.1 Å². The molecule has 0 aliphatic heterocycles. The summed E-state index contributed by atoms with van der Waals surface area (Å²) in [7, 11) is 0. The summed E-state index contributed by atoms with van der Waals surface area (Å²) in [4.78, 5) is 22.4. The van der Waals surface area contributed by atoms with Crippen LogP contribution in [0.25, 0.3) is 0 Å². The molecule has 0 radical (unpaired) electrons. The van der Waals surface area contributed by atoms with E-state index >= 15 is 0 Å². The molecule has 2 atom stereocenters. The number of carbonyl (C=O) groups is 1. The molecule has 136 valence electrons. The average molecular weight is 438 g/mol. The van der Waals surface area contributed by atoms with Crippen molar-refractivity contribution in [2.24, 2.45) is 5.92 Å². The minimum Gasteiger partial charge on any atom is -0.323 e. The third-order valence-corrected chi connectivity index (χ3v) is 5.39. The zero-order valence-electron chi connectivity index (χ0n) is 12.7. The molecule has 0 bridgehead atoms. The van der Waals surface area contributed by atoms with Crippen LogP contribution in [-0.2, 0) is 4.79 Å². The molecular weight excluding hydrogens is 429 g/mol. The van der Waals surface area contributed by atoms with Gasteiger partial charge in [0, 0.05) is 22.0 Å². The summed E-state index contributed by atoms with van der Waals surface area (Å²) < 4.78 is 12.7. The lowest BCUT2D eigenvalue weighted by molar-refractivity contribution is -0.387. The number of rotatable bonds is 4. The van der Waals surface area contributed by atoms with Gasteiger partial charge in [0.05, 0.1) is 16.5 Å². The molecule has 2 aromatic rings. The van der Waals surface area contributed by atoms with E-state index in [2.05, 4.69) is 5.32 Å². The second-order valence-corrected chi connectivity index (χ2v) is 8.03. The minimum atomic E-state index is -1.44. The summed E-state index contributed by atoms with van der Waals surface area (Å²) in [5, 5.41) is 13.8. The van der Waals surface area contributed by atoms with Crippen LogP contribution in [0.1, 0.15) is 11.5 Å². The summed E-state index contributed by atoms with van der Waals surface area (Å²) >= 11 is 24.3. The van der Waals surface area contributed by atoms with E-state index in [1.165, 1.54) is 18.2 Å². The Bertz CT molecular complexity index is 902. The van der Waals surface area contributed by atoms with Gasteiger partial charge in [0.25, 0.3) is 0 Å². The lowest BCUT2D eigenvalue weighted by Gasteiger charge is -2.06. The number of halogens is 5. The summed E-state index contributed by atoms with van der Waals surface area (Å²) in [5.41, 5.74) is -0.518. The van der Waals surface area contributed by atoms with Crippen LogP contribution in [-0.4, -0.2) is 15.2 Å². The fraction of sp³-hybridized carbons (Fsp3) is 0.188. The van der Waals surface area contributed by atoms with Crippen molar-refractivity contribution in [3.8, 4) is 0 Å². The van der Waals surface area contributed by atoms with Crippen LogP contribution < -0.4 is 5.32 Å². The molecule has 26 heavy (non-hydrogen) atoms. The molecule has 1 aliphatic carbocycles. The Labute approximate surface area is 167 Å². The Kier molecular flexibility index (Phi) is 5.05. The van der Waals surface area contributed by atoms with Gasteiger partial charge in [-0.1, -0.05) is 29.3 Å². The van der Waals surface area contributed by atoms with Crippen molar-refractivity contribution in [1.29, 1.82) is 0 Å². The standard InChI is InChI=1S/C16H9Cl4FN2O3/c17-8-4-7(5-9(18)6-8)12-13(16(12,19)20)15(24)22-10-2-1-3-11(14(10)21)23(25)26/h1-6,12-13H,(H,22,24). The van der Waals surface area contributed by atoms with Gasteiger partial charge in [0.15, 0.2) is 0 Å². The number of hydrogen-bond acceptors (Lipinski definition) is 3. The molecule has 2 aromatic carbocycles. The molecule has 0 heterocycles. The zero-order chi connectivity index (χ0) is 19.2. The molecule has 1 aliphatic rings. The predicted molar refractivity (Wildman–Crippen MR) is 98.8 cm³/mol. The number of benzene rings is 2. The molecular formula is C16H9Cl4FN2O3. The Morgan fingerprint density at radius 3 is 2.38 bits per heavy atom. The molecule has 2 unspecified atom stereocenters. The number of carbonyl (C=O) groups excluding carboxylic acids is 1. The fourth-order valence-corrected chi connectivity index (χ4v) is 4.16. The van der Waals surface area contributed by atoms with E-state index in [1.807, 2.05) is 0 Å². The normalized spacial score (nSPS) is 20.5. The maximum absolute atomic E-state index is 14.1. The van der Waals surface area contributed by atoms with E-state index in [0.29, 0.717) is 15.6 Å². The third kappa shape index (κ3) is 3.47. The SMILES string of the molecule is O=C(Nc1cccc([N+](=O)[O-])c1F)C1C(c2cc(Cl)cc(Cl)c2)C1(Cl)Cl. The number of amides is 1. The van der Waals surface area contributed by atoms with E-state index in [4.69, 9.17) is 46.4 Å². The van der Waals surface area contributed by atoms with Crippen LogP contribution in [0.3, 0.4) is 0 Å². The predicted octanol–water partition coefficient (Wildman–Crippen LogP) is 5.57. The van der Waals surface area contributed by atoms with Crippen LogP contribution in [0.5, 0.6) is 0 Å². The van der Waals surface area contributed by atoms with E-state index in [-0.39, 0.29) is 5.69 Å². The molecule has 5 nitrogen and oxygen atoms in total. The molecule has 1 fully saturated rings. The van der Waals surface area contributed by atoms with Gasteiger partial charge in [-0.3, -0.25) is 14.9 Å². The number of anilines is 1. The van der Waals surface area contributed by atoms with Crippen molar-refractivity contribution in [2.75, 3.05) is 5.32 Å². The van der Waals surface area contributed by atoms with Gasteiger partial charge < -0.3 is 5.32 Å². The first-order chi connectivity index (χ1) is 12.1.